The van der Waals surface area contributed by atoms with E-state index in [1.54, 1.807) is 23.1 Å². The van der Waals surface area contributed by atoms with Gasteiger partial charge in [0.15, 0.2) is 0 Å². The highest BCUT2D eigenvalue weighted by molar-refractivity contribution is 7.99. The van der Waals surface area contributed by atoms with Crippen LogP contribution in [-0.2, 0) is 28.3 Å². The van der Waals surface area contributed by atoms with Crippen molar-refractivity contribution < 1.29 is 14.0 Å². The molecule has 1 aliphatic rings. The molecule has 200 valence electrons. The van der Waals surface area contributed by atoms with E-state index >= 15 is 0 Å². The van der Waals surface area contributed by atoms with E-state index in [1.807, 2.05) is 54.6 Å². The summed E-state index contributed by atoms with van der Waals surface area (Å²) in [6.45, 7) is 0.0266. The van der Waals surface area contributed by atoms with Crippen LogP contribution in [0.5, 0.6) is 0 Å². The fourth-order valence-electron chi connectivity index (χ4n) is 4.87. The van der Waals surface area contributed by atoms with Crippen molar-refractivity contribution >= 4 is 35.2 Å². The summed E-state index contributed by atoms with van der Waals surface area (Å²) in [5.74, 6) is 0.0220. The normalized spacial score (nSPS) is 14.6. The van der Waals surface area contributed by atoms with Gasteiger partial charge in [0.2, 0.25) is 11.8 Å². The molecule has 0 unspecified atom stereocenters. The van der Waals surface area contributed by atoms with E-state index in [0.717, 1.165) is 36.8 Å². The SMILES string of the molecule is O=C(NC1CCCCC1)[C@H](Cc1ccccc1)N(Cc1ccccc1F)C(=O)CSCc1cccc(Cl)c1. The fraction of sp³-hybridized carbons (Fsp3) is 0.355. The standard InChI is InChI=1S/C31H34ClFN2O2S/c32-26-14-9-12-24(18-26)21-38-22-30(36)35(20-25-13-7-8-17-28(25)33)29(19-23-10-3-1-4-11-23)31(37)34-27-15-5-2-6-16-27/h1,3-4,7-14,17-18,27,29H,2,5-6,15-16,19-22H2,(H,34,37)/t29-/m0/s1. The lowest BCUT2D eigenvalue weighted by molar-refractivity contribution is -0.139. The Labute approximate surface area is 234 Å². The van der Waals surface area contributed by atoms with Crippen LogP contribution in [0.4, 0.5) is 4.39 Å². The van der Waals surface area contributed by atoms with Crippen molar-refractivity contribution in [3.63, 3.8) is 0 Å². The minimum atomic E-state index is -0.752. The minimum Gasteiger partial charge on any atom is -0.352 e. The van der Waals surface area contributed by atoms with Crippen molar-refractivity contribution in [1.82, 2.24) is 10.2 Å². The van der Waals surface area contributed by atoms with Gasteiger partial charge in [0, 0.05) is 35.3 Å². The fourth-order valence-corrected chi connectivity index (χ4v) is 5.94. The maximum atomic E-state index is 14.7. The van der Waals surface area contributed by atoms with Crippen molar-refractivity contribution in [2.75, 3.05) is 5.75 Å². The molecule has 38 heavy (non-hydrogen) atoms. The summed E-state index contributed by atoms with van der Waals surface area (Å²) in [6.07, 6.45) is 5.61. The number of carbonyl (C=O) groups excluding carboxylic acids is 2. The number of rotatable bonds is 11. The van der Waals surface area contributed by atoms with Crippen LogP contribution in [0, 0.1) is 5.82 Å². The zero-order valence-electron chi connectivity index (χ0n) is 21.5. The molecule has 2 amide bonds. The summed E-state index contributed by atoms with van der Waals surface area (Å²) >= 11 is 7.57. The molecule has 1 fully saturated rings. The lowest BCUT2D eigenvalue weighted by atomic mass is 9.94. The lowest BCUT2D eigenvalue weighted by Gasteiger charge is -2.33. The number of amides is 2. The van der Waals surface area contributed by atoms with E-state index in [9.17, 15) is 14.0 Å². The van der Waals surface area contributed by atoms with Gasteiger partial charge in [-0.25, -0.2) is 4.39 Å². The number of carbonyl (C=O) groups is 2. The van der Waals surface area contributed by atoms with Crippen LogP contribution in [0.3, 0.4) is 0 Å². The third-order valence-electron chi connectivity index (χ3n) is 6.90. The number of halogens is 2. The molecule has 0 saturated heterocycles. The summed E-state index contributed by atoms with van der Waals surface area (Å²) in [5, 5.41) is 3.87. The van der Waals surface area contributed by atoms with Gasteiger partial charge in [0.05, 0.1) is 5.75 Å². The van der Waals surface area contributed by atoms with Gasteiger partial charge in [-0.3, -0.25) is 9.59 Å². The third kappa shape index (κ3) is 8.34. The second kappa shape index (κ2) is 14.4. The van der Waals surface area contributed by atoms with Gasteiger partial charge in [0.1, 0.15) is 11.9 Å². The smallest absolute Gasteiger partial charge is 0.243 e. The predicted octanol–water partition coefficient (Wildman–Crippen LogP) is 6.80. The Kier molecular flexibility index (Phi) is 10.6. The Bertz CT molecular complexity index is 1200. The molecule has 0 heterocycles. The molecule has 1 N–H and O–H groups in total. The van der Waals surface area contributed by atoms with Crippen LogP contribution in [0.25, 0.3) is 0 Å². The number of nitrogens with one attached hydrogen (secondary N) is 1. The zero-order valence-corrected chi connectivity index (χ0v) is 23.0. The van der Waals surface area contributed by atoms with Crippen LogP contribution in [0.1, 0.15) is 48.8 Å². The lowest BCUT2D eigenvalue weighted by Crippen LogP contribution is -2.53. The molecule has 4 nitrogen and oxygen atoms in total. The molecule has 0 radical (unpaired) electrons. The van der Waals surface area contributed by atoms with Crippen LogP contribution in [0.15, 0.2) is 78.9 Å². The van der Waals surface area contributed by atoms with Crippen molar-refractivity contribution in [3.05, 3.63) is 106 Å². The Balaban J connectivity index is 1.57. The minimum absolute atomic E-state index is 0.0266. The molecule has 0 spiro atoms. The highest BCUT2D eigenvalue weighted by Crippen LogP contribution is 2.22. The van der Waals surface area contributed by atoms with Crippen molar-refractivity contribution in [1.29, 1.82) is 0 Å². The first-order valence-corrected chi connectivity index (χ1v) is 14.7. The Morgan fingerprint density at radius 3 is 2.39 bits per heavy atom. The first kappa shape index (κ1) is 28.2. The van der Waals surface area contributed by atoms with E-state index in [1.165, 1.54) is 24.2 Å². The van der Waals surface area contributed by atoms with Crippen LogP contribution in [-0.4, -0.2) is 34.6 Å². The first-order chi connectivity index (χ1) is 18.5. The summed E-state index contributed by atoms with van der Waals surface area (Å²) in [5.41, 5.74) is 2.37. The second-order valence-corrected chi connectivity index (χ2v) is 11.2. The van der Waals surface area contributed by atoms with Crippen molar-refractivity contribution in [3.8, 4) is 0 Å². The molecule has 3 aromatic carbocycles. The maximum Gasteiger partial charge on any atom is 0.243 e. The molecule has 0 aliphatic heterocycles. The van der Waals surface area contributed by atoms with E-state index in [2.05, 4.69) is 5.32 Å². The molecule has 0 aromatic heterocycles. The summed E-state index contributed by atoms with van der Waals surface area (Å²) in [4.78, 5) is 29.0. The van der Waals surface area contributed by atoms with Gasteiger partial charge in [-0.1, -0.05) is 91.5 Å². The average Bonchev–Trinajstić information content (AvgIpc) is 2.92. The molecule has 1 saturated carbocycles. The van der Waals surface area contributed by atoms with E-state index in [0.29, 0.717) is 22.8 Å². The molecule has 1 aliphatic carbocycles. The van der Waals surface area contributed by atoms with Gasteiger partial charge in [-0.05, 0) is 42.2 Å². The highest BCUT2D eigenvalue weighted by atomic mass is 35.5. The maximum absolute atomic E-state index is 14.7. The number of benzene rings is 3. The molecule has 0 bridgehead atoms. The summed E-state index contributed by atoms with van der Waals surface area (Å²) < 4.78 is 14.7. The Morgan fingerprint density at radius 1 is 0.947 bits per heavy atom. The largest absolute Gasteiger partial charge is 0.352 e. The van der Waals surface area contributed by atoms with Gasteiger partial charge in [0.25, 0.3) is 0 Å². The summed E-state index contributed by atoms with van der Waals surface area (Å²) in [7, 11) is 0. The van der Waals surface area contributed by atoms with Gasteiger partial charge in [-0.2, -0.15) is 0 Å². The number of hydrogen-bond acceptors (Lipinski definition) is 3. The quantitative estimate of drug-likeness (QED) is 0.284. The third-order valence-corrected chi connectivity index (χ3v) is 8.13. The summed E-state index contributed by atoms with van der Waals surface area (Å²) in [6, 6.07) is 23.0. The second-order valence-electron chi connectivity index (χ2n) is 9.78. The molecular weight excluding hydrogens is 519 g/mol. The van der Waals surface area contributed by atoms with E-state index in [4.69, 9.17) is 11.6 Å². The molecule has 4 rings (SSSR count). The topological polar surface area (TPSA) is 49.4 Å². The molecule has 7 heteroatoms. The van der Waals surface area contributed by atoms with Crippen LogP contribution in [0.2, 0.25) is 5.02 Å². The van der Waals surface area contributed by atoms with Crippen LogP contribution < -0.4 is 5.32 Å². The van der Waals surface area contributed by atoms with E-state index < -0.39 is 6.04 Å². The molecular formula is C31H34ClFN2O2S. The zero-order chi connectivity index (χ0) is 26.7. The Morgan fingerprint density at radius 2 is 1.66 bits per heavy atom. The average molecular weight is 553 g/mol. The predicted molar refractivity (Wildman–Crippen MR) is 154 cm³/mol. The number of hydrogen-bond donors (Lipinski definition) is 1. The first-order valence-electron chi connectivity index (χ1n) is 13.2. The van der Waals surface area contributed by atoms with E-state index in [-0.39, 0.29) is 36.0 Å². The molecule has 1 atom stereocenters. The number of thioether (sulfide) groups is 1. The van der Waals surface area contributed by atoms with Gasteiger partial charge >= 0.3 is 0 Å². The van der Waals surface area contributed by atoms with Crippen LogP contribution >= 0.6 is 23.4 Å². The van der Waals surface area contributed by atoms with Crippen molar-refractivity contribution in [2.45, 2.75) is 62.9 Å². The Hall–Kier alpha value is -2.83. The van der Waals surface area contributed by atoms with Gasteiger partial charge in [-0.15, -0.1) is 11.8 Å². The molecule has 3 aromatic rings. The number of nitrogens with zero attached hydrogens (tertiary/aromatic N) is 1. The van der Waals surface area contributed by atoms with Gasteiger partial charge < -0.3 is 10.2 Å². The van der Waals surface area contributed by atoms with Crippen molar-refractivity contribution in [2.24, 2.45) is 0 Å². The highest BCUT2D eigenvalue weighted by Gasteiger charge is 2.32. The monoisotopic (exact) mass is 552 g/mol.